The van der Waals surface area contributed by atoms with E-state index in [9.17, 15) is 13.2 Å². The molecule has 0 amide bonds. The smallest absolute Gasteiger partial charge is 0.264 e. The van der Waals surface area contributed by atoms with Crippen molar-refractivity contribution in [1.82, 2.24) is 0 Å². The highest BCUT2D eigenvalue weighted by molar-refractivity contribution is 7.93. The molecular formula is C15H10ClNO5S. The van der Waals surface area contributed by atoms with Crippen LogP contribution in [-0.4, -0.2) is 28.0 Å². The van der Waals surface area contributed by atoms with Crippen molar-refractivity contribution < 1.29 is 22.7 Å². The van der Waals surface area contributed by atoms with Gasteiger partial charge in [-0.05, 0) is 24.3 Å². The summed E-state index contributed by atoms with van der Waals surface area (Å²) >= 11 is 5.91. The van der Waals surface area contributed by atoms with Gasteiger partial charge in [-0.2, -0.15) is 0 Å². The van der Waals surface area contributed by atoms with Gasteiger partial charge in [0.15, 0.2) is 17.3 Å². The minimum Gasteiger partial charge on any atom is -0.454 e. The van der Waals surface area contributed by atoms with Crippen LogP contribution in [0.3, 0.4) is 0 Å². The second kappa shape index (κ2) is 4.62. The number of carbonyl (C=O) groups is 1. The van der Waals surface area contributed by atoms with Gasteiger partial charge >= 0.3 is 0 Å². The van der Waals surface area contributed by atoms with Crippen LogP contribution in [0.2, 0.25) is 5.02 Å². The number of benzene rings is 2. The van der Waals surface area contributed by atoms with Crippen molar-refractivity contribution in [2.75, 3.05) is 18.1 Å². The zero-order valence-electron chi connectivity index (χ0n) is 11.9. The lowest BCUT2D eigenvalue weighted by Gasteiger charge is -2.19. The first-order valence-electron chi connectivity index (χ1n) is 6.66. The molecule has 0 saturated carbocycles. The van der Waals surface area contributed by atoms with E-state index in [1.165, 1.54) is 37.4 Å². The highest BCUT2D eigenvalue weighted by Crippen LogP contribution is 2.42. The molecule has 0 aromatic heterocycles. The molecule has 2 aliphatic rings. The molecule has 6 nitrogen and oxygen atoms in total. The Morgan fingerprint density at radius 1 is 1.09 bits per heavy atom. The third-order valence-electron chi connectivity index (χ3n) is 3.90. The average molecular weight is 352 g/mol. The van der Waals surface area contributed by atoms with Crippen LogP contribution in [0.4, 0.5) is 5.69 Å². The summed E-state index contributed by atoms with van der Waals surface area (Å²) in [4.78, 5) is 12.7. The molecule has 118 valence electrons. The van der Waals surface area contributed by atoms with Gasteiger partial charge in [0.05, 0.1) is 11.3 Å². The molecule has 4 rings (SSSR count). The van der Waals surface area contributed by atoms with Gasteiger partial charge in [0.2, 0.25) is 6.79 Å². The summed E-state index contributed by atoms with van der Waals surface area (Å²) in [6, 6.07) is 7.21. The molecule has 0 spiro atoms. The van der Waals surface area contributed by atoms with Crippen LogP contribution in [0.15, 0.2) is 35.2 Å². The predicted molar refractivity (Wildman–Crippen MR) is 83.0 cm³/mol. The van der Waals surface area contributed by atoms with Crippen molar-refractivity contribution in [3.05, 3.63) is 46.5 Å². The van der Waals surface area contributed by atoms with Gasteiger partial charge in [-0.15, -0.1) is 0 Å². The number of nitrogens with zero attached hydrogens (tertiary/aromatic N) is 1. The van der Waals surface area contributed by atoms with Gasteiger partial charge in [-0.3, -0.25) is 9.10 Å². The molecule has 23 heavy (non-hydrogen) atoms. The monoisotopic (exact) mass is 351 g/mol. The van der Waals surface area contributed by atoms with Crippen LogP contribution in [0.5, 0.6) is 11.5 Å². The molecule has 0 aliphatic carbocycles. The predicted octanol–water partition coefficient (Wildman–Crippen LogP) is 2.44. The molecule has 8 heteroatoms. The Balaban J connectivity index is 2.08. The van der Waals surface area contributed by atoms with Crippen LogP contribution in [0.1, 0.15) is 15.9 Å². The Labute approximate surface area is 137 Å². The number of ketones is 1. The number of rotatable bonds is 0. The Morgan fingerprint density at radius 2 is 1.78 bits per heavy atom. The number of carbonyl (C=O) groups excluding carboxylic acids is 1. The zero-order valence-corrected chi connectivity index (χ0v) is 13.4. The number of hydrogen-bond acceptors (Lipinski definition) is 5. The van der Waals surface area contributed by atoms with E-state index in [-0.39, 0.29) is 33.5 Å². The second-order valence-corrected chi connectivity index (χ2v) is 7.54. The number of anilines is 1. The van der Waals surface area contributed by atoms with Crippen molar-refractivity contribution in [2.24, 2.45) is 0 Å². The van der Waals surface area contributed by atoms with E-state index >= 15 is 0 Å². The van der Waals surface area contributed by atoms with Gasteiger partial charge in [-0.1, -0.05) is 11.6 Å². The minimum atomic E-state index is -3.91. The zero-order chi connectivity index (χ0) is 16.4. The number of fused-ring (bicyclic) bond motifs is 3. The standard InChI is InChI=1S/C15H10ClNO5S/c1-17-11-6-13-12(21-7-22-13)5-10(11)15(18)9-3-2-8(16)4-14(9)23(17,19)20/h2-6H,7H2,1H3. The summed E-state index contributed by atoms with van der Waals surface area (Å²) in [6.45, 7) is 0.0368. The van der Waals surface area contributed by atoms with Gasteiger partial charge in [0.1, 0.15) is 4.90 Å². The number of halogens is 1. The molecular weight excluding hydrogens is 342 g/mol. The van der Waals surface area contributed by atoms with Crippen molar-refractivity contribution in [3.8, 4) is 11.5 Å². The fraction of sp³-hybridized carbons (Fsp3) is 0.133. The van der Waals surface area contributed by atoms with Gasteiger partial charge in [-0.25, -0.2) is 8.42 Å². The topological polar surface area (TPSA) is 72.9 Å². The molecule has 0 saturated heterocycles. The SMILES string of the molecule is CN1c2cc3c(cc2C(=O)c2ccc(Cl)cc2S1(=O)=O)OCO3. The van der Waals surface area contributed by atoms with Crippen LogP contribution in [0.25, 0.3) is 0 Å². The Hall–Kier alpha value is -2.25. The van der Waals surface area contributed by atoms with Gasteiger partial charge in [0, 0.05) is 23.7 Å². The first-order valence-corrected chi connectivity index (χ1v) is 8.48. The Kier molecular flexibility index (Phi) is 2.88. The van der Waals surface area contributed by atoms with Gasteiger partial charge < -0.3 is 9.47 Å². The van der Waals surface area contributed by atoms with E-state index in [0.717, 1.165) is 4.31 Å². The summed E-state index contributed by atoms with van der Waals surface area (Å²) in [6.07, 6.45) is 0. The van der Waals surface area contributed by atoms with Crippen LogP contribution in [-0.2, 0) is 10.0 Å². The first-order chi connectivity index (χ1) is 10.9. The van der Waals surface area contributed by atoms with Crippen molar-refractivity contribution in [3.63, 3.8) is 0 Å². The lowest BCUT2D eigenvalue weighted by atomic mass is 10.0. The molecule has 2 aliphatic heterocycles. The summed E-state index contributed by atoms with van der Waals surface area (Å²) in [5.74, 6) is 0.417. The minimum absolute atomic E-state index is 0.0368. The molecule has 0 fully saturated rings. The largest absolute Gasteiger partial charge is 0.454 e. The maximum atomic E-state index is 12.8. The second-order valence-electron chi connectivity index (χ2n) is 5.16. The highest BCUT2D eigenvalue weighted by Gasteiger charge is 2.36. The first kappa shape index (κ1) is 14.3. The third-order valence-corrected chi connectivity index (χ3v) is 5.95. The van der Waals surface area contributed by atoms with E-state index < -0.39 is 15.8 Å². The summed E-state index contributed by atoms with van der Waals surface area (Å²) in [7, 11) is -2.52. The van der Waals surface area contributed by atoms with Crippen LogP contribution in [0, 0.1) is 0 Å². The molecule has 0 N–H and O–H groups in total. The van der Waals surface area contributed by atoms with Crippen LogP contribution < -0.4 is 13.8 Å². The maximum absolute atomic E-state index is 12.8. The molecule has 0 radical (unpaired) electrons. The molecule has 2 heterocycles. The number of sulfonamides is 1. The maximum Gasteiger partial charge on any atom is 0.264 e. The normalized spacial score (nSPS) is 17.5. The highest BCUT2D eigenvalue weighted by atomic mass is 35.5. The van der Waals surface area contributed by atoms with Crippen LogP contribution >= 0.6 is 11.6 Å². The van der Waals surface area contributed by atoms with Crippen molar-refractivity contribution in [1.29, 1.82) is 0 Å². The quantitative estimate of drug-likeness (QED) is 0.729. The Morgan fingerprint density at radius 3 is 2.52 bits per heavy atom. The van der Waals surface area contributed by atoms with E-state index in [2.05, 4.69) is 0 Å². The van der Waals surface area contributed by atoms with Crippen molar-refractivity contribution in [2.45, 2.75) is 4.90 Å². The summed E-state index contributed by atoms with van der Waals surface area (Å²) in [5.41, 5.74) is 0.562. The fourth-order valence-corrected chi connectivity index (χ4v) is 4.35. The average Bonchev–Trinajstić information content (AvgIpc) is 2.97. The van der Waals surface area contributed by atoms with E-state index in [1.54, 1.807) is 0 Å². The van der Waals surface area contributed by atoms with Crippen molar-refractivity contribution >= 4 is 33.1 Å². The third kappa shape index (κ3) is 1.93. The number of ether oxygens (including phenoxy) is 2. The lowest BCUT2D eigenvalue weighted by Crippen LogP contribution is -2.26. The summed E-state index contributed by atoms with van der Waals surface area (Å²) < 4.78 is 37.3. The summed E-state index contributed by atoms with van der Waals surface area (Å²) in [5, 5.41) is 0.244. The van der Waals surface area contributed by atoms with E-state index in [4.69, 9.17) is 21.1 Å². The molecule has 2 aromatic rings. The number of hydrogen-bond donors (Lipinski definition) is 0. The lowest BCUT2D eigenvalue weighted by molar-refractivity contribution is 0.103. The van der Waals surface area contributed by atoms with E-state index in [0.29, 0.717) is 11.5 Å². The van der Waals surface area contributed by atoms with Gasteiger partial charge in [0.25, 0.3) is 10.0 Å². The molecule has 2 aromatic carbocycles. The fourth-order valence-electron chi connectivity index (χ4n) is 2.69. The van der Waals surface area contributed by atoms with E-state index in [1.807, 2.05) is 0 Å². The molecule has 0 unspecified atom stereocenters. The molecule has 0 bridgehead atoms. The molecule has 0 atom stereocenters. The Bertz CT molecular complexity index is 970.